The number of carbonyl (C=O) groups excluding carboxylic acids is 1. The van der Waals surface area contributed by atoms with Crippen LogP contribution >= 0.6 is 0 Å². The van der Waals surface area contributed by atoms with Crippen molar-refractivity contribution in [3.63, 3.8) is 0 Å². The fourth-order valence-corrected chi connectivity index (χ4v) is 2.97. The molecule has 0 unspecified atom stereocenters. The normalized spacial score (nSPS) is 17.2. The Bertz CT molecular complexity index is 883. The molecule has 3 rings (SSSR count). The zero-order valence-corrected chi connectivity index (χ0v) is 14.3. The van der Waals surface area contributed by atoms with Crippen molar-refractivity contribution >= 4 is 22.9 Å². The lowest BCUT2D eigenvalue weighted by atomic mass is 9.96. The SMILES string of the molecule is CCCn1nc(C(=O)N/N=C\[C@H]2CC=CCC2)c2ccccc2c1=O. The first kappa shape index (κ1) is 17.1. The molecule has 0 bridgehead atoms. The Morgan fingerprint density at radius 3 is 2.88 bits per heavy atom. The van der Waals surface area contributed by atoms with Gasteiger partial charge in [0.1, 0.15) is 0 Å². The van der Waals surface area contributed by atoms with Crippen molar-refractivity contribution in [2.45, 2.75) is 39.2 Å². The van der Waals surface area contributed by atoms with E-state index in [4.69, 9.17) is 0 Å². The van der Waals surface area contributed by atoms with E-state index in [2.05, 4.69) is 27.8 Å². The molecule has 25 heavy (non-hydrogen) atoms. The van der Waals surface area contributed by atoms with Crippen LogP contribution in [0.1, 0.15) is 43.1 Å². The van der Waals surface area contributed by atoms with E-state index in [-0.39, 0.29) is 11.3 Å². The van der Waals surface area contributed by atoms with Gasteiger partial charge < -0.3 is 0 Å². The third-order valence-electron chi connectivity index (χ3n) is 4.28. The molecule has 2 aromatic rings. The van der Waals surface area contributed by atoms with Gasteiger partial charge in [0, 0.05) is 18.1 Å². The van der Waals surface area contributed by atoms with Crippen molar-refractivity contribution in [2.24, 2.45) is 11.0 Å². The molecule has 0 saturated carbocycles. The molecule has 130 valence electrons. The Hall–Kier alpha value is -2.76. The molecule has 1 amide bonds. The number of fused-ring (bicyclic) bond motifs is 1. The lowest BCUT2D eigenvalue weighted by molar-refractivity contribution is 0.0949. The number of aryl methyl sites for hydroxylation is 1. The second kappa shape index (κ2) is 7.88. The standard InChI is InChI=1S/C19H22N4O2/c1-2-12-23-19(25)16-11-7-6-10-15(16)17(22-23)18(24)21-20-13-14-8-4-3-5-9-14/h3-4,6-7,10-11,13-14H,2,5,8-9,12H2,1H3,(H,21,24)/b20-13-/t14-/m0/s1. The summed E-state index contributed by atoms with van der Waals surface area (Å²) in [5, 5.41) is 9.40. The number of carbonyl (C=O) groups is 1. The molecular weight excluding hydrogens is 316 g/mol. The number of allylic oxidation sites excluding steroid dienone is 2. The Kier molecular flexibility index (Phi) is 5.38. The Labute approximate surface area is 146 Å². The molecular formula is C19H22N4O2. The summed E-state index contributed by atoms with van der Waals surface area (Å²) in [6.45, 7) is 2.44. The highest BCUT2D eigenvalue weighted by molar-refractivity contribution is 6.04. The van der Waals surface area contributed by atoms with E-state index in [9.17, 15) is 9.59 Å². The van der Waals surface area contributed by atoms with Gasteiger partial charge in [0.25, 0.3) is 11.5 Å². The molecule has 1 aromatic carbocycles. The summed E-state index contributed by atoms with van der Waals surface area (Å²) in [5.41, 5.74) is 2.61. The fourth-order valence-electron chi connectivity index (χ4n) is 2.97. The van der Waals surface area contributed by atoms with Crippen molar-refractivity contribution in [3.8, 4) is 0 Å². The number of aromatic nitrogens is 2. The number of nitrogens with one attached hydrogen (secondary N) is 1. The largest absolute Gasteiger partial charge is 0.292 e. The summed E-state index contributed by atoms with van der Waals surface area (Å²) >= 11 is 0. The van der Waals surface area contributed by atoms with E-state index in [1.54, 1.807) is 30.5 Å². The number of rotatable bonds is 5. The second-order valence-electron chi connectivity index (χ2n) is 6.19. The molecule has 1 aliphatic carbocycles. The average Bonchev–Trinajstić information content (AvgIpc) is 2.65. The maximum absolute atomic E-state index is 12.6. The summed E-state index contributed by atoms with van der Waals surface area (Å²) in [7, 11) is 0. The predicted octanol–water partition coefficient (Wildman–Crippen LogP) is 2.88. The first-order valence-corrected chi connectivity index (χ1v) is 8.69. The van der Waals surface area contributed by atoms with E-state index in [0.717, 1.165) is 25.7 Å². The maximum atomic E-state index is 12.6. The Balaban J connectivity index is 1.87. The zero-order valence-electron chi connectivity index (χ0n) is 14.3. The molecule has 0 radical (unpaired) electrons. The molecule has 0 aliphatic heterocycles. The summed E-state index contributed by atoms with van der Waals surface area (Å²) in [6, 6.07) is 7.04. The molecule has 6 nitrogen and oxygen atoms in total. The van der Waals surface area contributed by atoms with Crippen molar-refractivity contribution in [1.82, 2.24) is 15.2 Å². The van der Waals surface area contributed by atoms with Crippen LogP contribution in [0.2, 0.25) is 0 Å². The Morgan fingerprint density at radius 1 is 1.36 bits per heavy atom. The monoisotopic (exact) mass is 338 g/mol. The number of amides is 1. The van der Waals surface area contributed by atoms with Crippen LogP contribution in [-0.2, 0) is 6.54 Å². The molecule has 0 spiro atoms. The van der Waals surface area contributed by atoms with Crippen molar-refractivity contribution in [1.29, 1.82) is 0 Å². The van der Waals surface area contributed by atoms with Crippen LogP contribution in [0.4, 0.5) is 0 Å². The zero-order chi connectivity index (χ0) is 17.6. The first-order valence-electron chi connectivity index (χ1n) is 8.69. The lowest BCUT2D eigenvalue weighted by Crippen LogP contribution is -2.29. The average molecular weight is 338 g/mol. The van der Waals surface area contributed by atoms with Crippen LogP contribution in [0.5, 0.6) is 0 Å². The number of hydrogen-bond donors (Lipinski definition) is 1. The molecule has 0 fully saturated rings. The van der Waals surface area contributed by atoms with Crippen molar-refractivity contribution in [2.75, 3.05) is 0 Å². The topological polar surface area (TPSA) is 76.3 Å². The van der Waals surface area contributed by atoms with E-state index >= 15 is 0 Å². The third kappa shape index (κ3) is 3.84. The molecule has 1 atom stereocenters. The van der Waals surface area contributed by atoms with Gasteiger partial charge in [0.2, 0.25) is 0 Å². The van der Waals surface area contributed by atoms with Gasteiger partial charge in [-0.05, 0) is 37.7 Å². The van der Waals surface area contributed by atoms with Crippen LogP contribution in [0.25, 0.3) is 10.8 Å². The third-order valence-corrected chi connectivity index (χ3v) is 4.28. The number of nitrogens with zero attached hydrogens (tertiary/aromatic N) is 3. The molecule has 1 heterocycles. The highest BCUT2D eigenvalue weighted by atomic mass is 16.2. The van der Waals surface area contributed by atoms with E-state index in [1.165, 1.54) is 4.68 Å². The predicted molar refractivity (Wildman–Crippen MR) is 98.7 cm³/mol. The van der Waals surface area contributed by atoms with Gasteiger partial charge in [-0.15, -0.1) is 0 Å². The van der Waals surface area contributed by atoms with E-state index < -0.39 is 5.91 Å². The second-order valence-corrected chi connectivity index (χ2v) is 6.19. The van der Waals surface area contributed by atoms with Crippen molar-refractivity contribution in [3.05, 3.63) is 52.5 Å². The number of hydrogen-bond acceptors (Lipinski definition) is 4. The Morgan fingerprint density at radius 2 is 2.16 bits per heavy atom. The van der Waals surface area contributed by atoms with Crippen molar-refractivity contribution < 1.29 is 4.79 Å². The first-order chi connectivity index (χ1) is 12.2. The van der Waals surface area contributed by atoms with E-state index in [0.29, 0.717) is 23.2 Å². The van der Waals surface area contributed by atoms with E-state index in [1.807, 2.05) is 6.92 Å². The smallest absolute Gasteiger partial charge is 0.267 e. The minimum Gasteiger partial charge on any atom is -0.267 e. The van der Waals surface area contributed by atoms with Gasteiger partial charge in [0.15, 0.2) is 5.69 Å². The maximum Gasteiger partial charge on any atom is 0.292 e. The molecule has 1 aliphatic rings. The van der Waals surface area contributed by atoms with Crippen LogP contribution < -0.4 is 11.0 Å². The van der Waals surface area contributed by atoms with Crippen LogP contribution in [0, 0.1) is 5.92 Å². The fraction of sp³-hybridized carbons (Fsp3) is 0.368. The van der Waals surface area contributed by atoms with Crippen LogP contribution in [0.3, 0.4) is 0 Å². The van der Waals surface area contributed by atoms with Gasteiger partial charge in [0.05, 0.1) is 5.39 Å². The molecule has 1 N–H and O–H groups in total. The summed E-state index contributed by atoms with van der Waals surface area (Å²) in [6.07, 6.45) is 9.87. The highest BCUT2D eigenvalue weighted by Gasteiger charge is 2.16. The van der Waals surface area contributed by atoms with Crippen LogP contribution in [0.15, 0.2) is 46.3 Å². The molecule has 6 heteroatoms. The quantitative estimate of drug-likeness (QED) is 0.517. The van der Waals surface area contributed by atoms with Gasteiger partial charge in [-0.2, -0.15) is 10.2 Å². The summed E-state index contributed by atoms with van der Waals surface area (Å²) in [4.78, 5) is 25.0. The number of hydrazone groups is 1. The molecule has 0 saturated heterocycles. The summed E-state index contributed by atoms with van der Waals surface area (Å²) < 4.78 is 1.35. The van der Waals surface area contributed by atoms with Crippen LogP contribution in [-0.4, -0.2) is 21.9 Å². The van der Waals surface area contributed by atoms with Gasteiger partial charge in [-0.25, -0.2) is 10.1 Å². The highest BCUT2D eigenvalue weighted by Crippen LogP contribution is 2.16. The lowest BCUT2D eigenvalue weighted by Gasteiger charge is -2.12. The molecule has 1 aromatic heterocycles. The number of benzene rings is 1. The van der Waals surface area contributed by atoms with Gasteiger partial charge >= 0.3 is 0 Å². The van der Waals surface area contributed by atoms with Gasteiger partial charge in [-0.1, -0.05) is 37.3 Å². The minimum absolute atomic E-state index is 0.175. The van der Waals surface area contributed by atoms with Gasteiger partial charge in [-0.3, -0.25) is 9.59 Å². The summed E-state index contributed by atoms with van der Waals surface area (Å²) in [5.74, 6) is -0.0484. The minimum atomic E-state index is -0.399.